The lowest BCUT2D eigenvalue weighted by atomic mass is 10.1. The Bertz CT molecular complexity index is 380. The molecule has 0 aromatic heterocycles. The van der Waals surface area contributed by atoms with Crippen molar-refractivity contribution in [1.29, 1.82) is 0 Å². The van der Waals surface area contributed by atoms with Crippen LogP contribution in [0.2, 0.25) is 0 Å². The van der Waals surface area contributed by atoms with Crippen LogP contribution in [-0.4, -0.2) is 27.2 Å². The zero-order chi connectivity index (χ0) is 11.1. The first-order valence-corrected chi connectivity index (χ1v) is 5.17. The second-order valence-electron chi connectivity index (χ2n) is 3.31. The molecule has 2 atom stereocenters. The third-order valence-corrected chi connectivity index (χ3v) is 3.37. The maximum atomic E-state index is 11.5. The van der Waals surface area contributed by atoms with Crippen LogP contribution >= 0.6 is 23.2 Å². The number of alkyl halides is 2. The second-order valence-corrected chi connectivity index (χ2v) is 4.39. The maximum absolute atomic E-state index is 11.5. The minimum Gasteiger partial charge on any atom is -0.273 e. The van der Waals surface area contributed by atoms with E-state index in [1.165, 1.54) is 0 Å². The molecule has 80 valence electrons. The van der Waals surface area contributed by atoms with Crippen molar-refractivity contribution in [1.82, 2.24) is 10.4 Å². The van der Waals surface area contributed by atoms with Crippen molar-refractivity contribution in [3.63, 3.8) is 0 Å². The van der Waals surface area contributed by atoms with Gasteiger partial charge < -0.3 is 0 Å². The first-order chi connectivity index (χ1) is 7.04. The molecule has 2 rings (SSSR count). The molecule has 0 spiro atoms. The molecule has 1 saturated heterocycles. The Balaban J connectivity index is 2.29. The molecule has 0 aromatic carbocycles. The number of hydrogen-bond donors (Lipinski definition) is 1. The third kappa shape index (κ3) is 1.64. The molecule has 0 saturated carbocycles. The Morgan fingerprint density at radius 2 is 2.20 bits per heavy atom. The molecule has 0 radical (unpaired) electrons. The minimum atomic E-state index is -1.21. The number of rotatable bonds is 1. The van der Waals surface area contributed by atoms with Crippen LogP contribution in [0.4, 0.5) is 0 Å². The number of allylic oxidation sites excluding steroid dienone is 2. The van der Waals surface area contributed by atoms with Crippen LogP contribution < -0.4 is 5.43 Å². The number of halogens is 2. The van der Waals surface area contributed by atoms with E-state index in [0.29, 0.717) is 0 Å². The van der Waals surface area contributed by atoms with Gasteiger partial charge in [0.05, 0.1) is 5.38 Å². The summed E-state index contributed by atoms with van der Waals surface area (Å²) in [5, 5.41) is 0.501. The predicted molar refractivity (Wildman–Crippen MR) is 56.1 cm³/mol. The average Bonchev–Trinajstić information content (AvgIpc) is 2.51. The topological polar surface area (TPSA) is 49.4 Å². The Labute approximate surface area is 96.5 Å². The van der Waals surface area contributed by atoms with Gasteiger partial charge in [-0.05, 0) is 6.08 Å². The minimum absolute atomic E-state index is 0.185. The van der Waals surface area contributed by atoms with Crippen LogP contribution in [0, 0.1) is 0 Å². The number of carbonyl (C=O) groups excluding carboxylic acids is 2. The van der Waals surface area contributed by atoms with Gasteiger partial charge in [-0.1, -0.05) is 29.8 Å². The fourth-order valence-corrected chi connectivity index (χ4v) is 2.03. The predicted octanol–water partition coefficient (Wildman–Crippen LogP) is 0.918. The normalized spacial score (nSPS) is 34.8. The van der Waals surface area contributed by atoms with Gasteiger partial charge in [-0.15, -0.1) is 11.6 Å². The van der Waals surface area contributed by atoms with Gasteiger partial charge in [-0.25, -0.2) is 5.01 Å². The average molecular weight is 247 g/mol. The molecule has 0 bridgehead atoms. The van der Waals surface area contributed by atoms with Crippen LogP contribution in [-0.2, 0) is 9.59 Å². The van der Waals surface area contributed by atoms with Gasteiger partial charge in [0, 0.05) is 0 Å². The van der Waals surface area contributed by atoms with E-state index in [1.807, 2.05) is 0 Å². The van der Waals surface area contributed by atoms with Gasteiger partial charge in [-0.3, -0.25) is 15.0 Å². The Kier molecular flexibility index (Phi) is 2.48. The molecule has 1 heterocycles. The summed E-state index contributed by atoms with van der Waals surface area (Å²) in [5.74, 6) is -0.743. The zero-order valence-corrected chi connectivity index (χ0v) is 9.13. The zero-order valence-electron chi connectivity index (χ0n) is 7.61. The van der Waals surface area contributed by atoms with Crippen molar-refractivity contribution in [2.45, 2.75) is 16.8 Å². The highest BCUT2D eigenvalue weighted by molar-refractivity contribution is 6.35. The van der Waals surface area contributed by atoms with Crippen molar-refractivity contribution in [3.8, 4) is 0 Å². The quantitative estimate of drug-likeness (QED) is 0.425. The van der Waals surface area contributed by atoms with E-state index in [-0.39, 0.29) is 18.2 Å². The summed E-state index contributed by atoms with van der Waals surface area (Å²) >= 11 is 12.2. The molecule has 2 aliphatic rings. The maximum Gasteiger partial charge on any atom is 0.252 e. The van der Waals surface area contributed by atoms with E-state index in [1.54, 1.807) is 24.3 Å². The van der Waals surface area contributed by atoms with Crippen LogP contribution in [0.3, 0.4) is 0 Å². The number of carbonyl (C=O) groups is 2. The van der Waals surface area contributed by atoms with Crippen molar-refractivity contribution >= 4 is 35.0 Å². The standard InChI is InChI=1S/C9H8Cl2N2O2/c10-6-3-1-2-4-9(6,11)13-8(15)5-7(14)12-13/h1-4,6H,5H2,(H,12,14). The van der Waals surface area contributed by atoms with Crippen molar-refractivity contribution in [2.24, 2.45) is 0 Å². The molecule has 1 fully saturated rings. The molecule has 1 aliphatic carbocycles. The van der Waals surface area contributed by atoms with Gasteiger partial charge >= 0.3 is 0 Å². The van der Waals surface area contributed by atoms with E-state index in [0.717, 1.165) is 5.01 Å². The number of hydrazine groups is 1. The molecule has 0 aromatic rings. The lowest BCUT2D eigenvalue weighted by Gasteiger charge is -2.36. The molecule has 1 aliphatic heterocycles. The van der Waals surface area contributed by atoms with Gasteiger partial charge in [-0.2, -0.15) is 0 Å². The lowest BCUT2D eigenvalue weighted by Crippen LogP contribution is -2.55. The third-order valence-electron chi connectivity index (χ3n) is 2.25. The Morgan fingerprint density at radius 3 is 2.73 bits per heavy atom. The van der Waals surface area contributed by atoms with Crippen LogP contribution in [0.5, 0.6) is 0 Å². The molecule has 6 heteroatoms. The number of amides is 2. The summed E-state index contributed by atoms with van der Waals surface area (Å²) in [4.78, 5) is 21.3. The van der Waals surface area contributed by atoms with E-state index in [2.05, 4.69) is 5.43 Å². The van der Waals surface area contributed by atoms with Crippen LogP contribution in [0.1, 0.15) is 6.42 Å². The number of nitrogens with one attached hydrogen (secondary N) is 1. The molecule has 15 heavy (non-hydrogen) atoms. The number of hydrogen-bond acceptors (Lipinski definition) is 2. The summed E-state index contributed by atoms with van der Waals surface area (Å²) in [6.45, 7) is 0. The smallest absolute Gasteiger partial charge is 0.252 e. The van der Waals surface area contributed by atoms with E-state index < -0.39 is 10.4 Å². The molecule has 2 amide bonds. The molecule has 4 nitrogen and oxygen atoms in total. The first-order valence-electron chi connectivity index (χ1n) is 4.35. The lowest BCUT2D eigenvalue weighted by molar-refractivity contribution is -0.132. The van der Waals surface area contributed by atoms with Crippen LogP contribution in [0.15, 0.2) is 24.3 Å². The van der Waals surface area contributed by atoms with E-state index in [9.17, 15) is 9.59 Å². The van der Waals surface area contributed by atoms with Gasteiger partial charge in [0.25, 0.3) is 5.91 Å². The van der Waals surface area contributed by atoms with Crippen LogP contribution in [0.25, 0.3) is 0 Å². The van der Waals surface area contributed by atoms with Gasteiger partial charge in [0.15, 0.2) is 5.00 Å². The van der Waals surface area contributed by atoms with Crippen molar-refractivity contribution < 1.29 is 9.59 Å². The van der Waals surface area contributed by atoms with E-state index in [4.69, 9.17) is 23.2 Å². The highest BCUT2D eigenvalue weighted by Crippen LogP contribution is 2.34. The fourth-order valence-electron chi connectivity index (χ4n) is 1.50. The van der Waals surface area contributed by atoms with Gasteiger partial charge in [0.2, 0.25) is 5.91 Å². The summed E-state index contributed by atoms with van der Waals surface area (Å²) in [6, 6.07) is 0. The first kappa shape index (κ1) is 10.5. The Morgan fingerprint density at radius 1 is 1.47 bits per heavy atom. The molecular formula is C9H8Cl2N2O2. The molecule has 1 N–H and O–H groups in total. The largest absolute Gasteiger partial charge is 0.273 e. The van der Waals surface area contributed by atoms with Crippen molar-refractivity contribution in [2.75, 3.05) is 0 Å². The Hall–Kier alpha value is -1.00. The highest BCUT2D eigenvalue weighted by atomic mass is 35.5. The van der Waals surface area contributed by atoms with Gasteiger partial charge in [0.1, 0.15) is 6.42 Å². The molecule has 2 unspecified atom stereocenters. The summed E-state index contributed by atoms with van der Waals surface area (Å²) in [7, 11) is 0. The summed E-state index contributed by atoms with van der Waals surface area (Å²) < 4.78 is 0. The summed E-state index contributed by atoms with van der Waals surface area (Å²) in [6.07, 6.45) is 6.47. The SMILES string of the molecule is O=C1CC(=O)N(C2(Cl)C=CC=CC2Cl)N1. The number of nitrogens with zero attached hydrogens (tertiary/aromatic N) is 1. The monoisotopic (exact) mass is 246 g/mol. The van der Waals surface area contributed by atoms with Crippen molar-refractivity contribution in [3.05, 3.63) is 24.3 Å². The summed E-state index contributed by atoms with van der Waals surface area (Å²) in [5.41, 5.74) is 2.39. The highest BCUT2D eigenvalue weighted by Gasteiger charge is 2.46. The second kappa shape index (κ2) is 3.54. The molecular weight excluding hydrogens is 239 g/mol. The fraction of sp³-hybridized carbons (Fsp3) is 0.333. The van der Waals surface area contributed by atoms with E-state index >= 15 is 0 Å².